The highest BCUT2D eigenvalue weighted by Gasteiger charge is 2.18. The van der Waals surface area contributed by atoms with Crippen LogP contribution >= 0.6 is 0 Å². The lowest BCUT2D eigenvalue weighted by Gasteiger charge is -2.20. The Hall–Kier alpha value is -1.92. The molecule has 1 amide bonds. The summed E-state index contributed by atoms with van der Waals surface area (Å²) in [7, 11) is 0. The van der Waals surface area contributed by atoms with Gasteiger partial charge in [0, 0.05) is 12.8 Å². The maximum Gasteiger partial charge on any atom is 0.305 e. The molecule has 514 valence electrons. The average molecular weight is 1220 g/mol. The van der Waals surface area contributed by atoms with Crippen molar-refractivity contribution in [1.82, 2.24) is 5.32 Å². The second-order valence-electron chi connectivity index (χ2n) is 27.4. The number of hydrogen-bond donors (Lipinski definition) is 3. The van der Waals surface area contributed by atoms with Gasteiger partial charge in [0.25, 0.3) is 0 Å². The van der Waals surface area contributed by atoms with Gasteiger partial charge < -0.3 is 20.3 Å². The van der Waals surface area contributed by atoms with Gasteiger partial charge in [-0.3, -0.25) is 9.59 Å². The second-order valence-corrected chi connectivity index (χ2v) is 27.4. The second kappa shape index (κ2) is 76.5. The minimum absolute atomic E-state index is 0.0128. The third-order valence-corrected chi connectivity index (χ3v) is 18.6. The van der Waals surface area contributed by atoms with Crippen LogP contribution in [0.25, 0.3) is 0 Å². The minimum Gasteiger partial charge on any atom is -0.466 e. The van der Waals surface area contributed by atoms with Crippen molar-refractivity contribution in [3.8, 4) is 0 Å². The van der Waals surface area contributed by atoms with Crippen molar-refractivity contribution in [3.63, 3.8) is 0 Å². The van der Waals surface area contributed by atoms with E-state index in [2.05, 4.69) is 43.5 Å². The summed E-state index contributed by atoms with van der Waals surface area (Å²) < 4.78 is 5.51. The Kier molecular flexibility index (Phi) is 74.8. The number of aliphatic hydroxyl groups excluding tert-OH is 2. The molecule has 0 saturated carbocycles. The van der Waals surface area contributed by atoms with Gasteiger partial charge in [-0.2, -0.15) is 0 Å². The third-order valence-electron chi connectivity index (χ3n) is 18.6. The first-order chi connectivity index (χ1) is 43.0. The van der Waals surface area contributed by atoms with E-state index in [0.29, 0.717) is 19.4 Å². The summed E-state index contributed by atoms with van der Waals surface area (Å²) in [5.74, 6) is -0.0512. The number of unbranched alkanes of at least 4 members (excludes halogenated alkanes) is 60. The molecule has 0 aliphatic carbocycles. The number of esters is 1. The maximum atomic E-state index is 12.6. The van der Waals surface area contributed by atoms with E-state index in [-0.39, 0.29) is 18.5 Å². The molecule has 2 atom stereocenters. The van der Waals surface area contributed by atoms with Gasteiger partial charge >= 0.3 is 5.97 Å². The van der Waals surface area contributed by atoms with Crippen LogP contribution < -0.4 is 5.32 Å². The molecule has 6 nitrogen and oxygen atoms in total. The van der Waals surface area contributed by atoms with Gasteiger partial charge in [-0.1, -0.05) is 384 Å². The summed E-state index contributed by atoms with van der Waals surface area (Å²) in [5, 5.41) is 23.3. The predicted molar refractivity (Wildman–Crippen MR) is 384 cm³/mol. The number of amides is 1. The van der Waals surface area contributed by atoms with Crippen LogP contribution in [-0.4, -0.2) is 47.4 Å². The monoisotopic (exact) mass is 1220 g/mol. The van der Waals surface area contributed by atoms with Gasteiger partial charge in [0.15, 0.2) is 0 Å². The Morgan fingerprint density at radius 2 is 0.540 bits per heavy atom. The Morgan fingerprint density at radius 1 is 0.310 bits per heavy atom. The van der Waals surface area contributed by atoms with E-state index >= 15 is 0 Å². The van der Waals surface area contributed by atoms with Crippen molar-refractivity contribution in [2.75, 3.05) is 13.2 Å². The van der Waals surface area contributed by atoms with E-state index < -0.39 is 12.1 Å². The zero-order chi connectivity index (χ0) is 62.8. The van der Waals surface area contributed by atoms with Crippen molar-refractivity contribution in [2.24, 2.45) is 0 Å². The highest BCUT2D eigenvalue weighted by Crippen LogP contribution is 2.19. The van der Waals surface area contributed by atoms with E-state index in [9.17, 15) is 19.8 Å². The molecule has 0 spiro atoms. The van der Waals surface area contributed by atoms with E-state index in [4.69, 9.17) is 4.74 Å². The molecule has 3 N–H and O–H groups in total. The largest absolute Gasteiger partial charge is 0.466 e. The summed E-state index contributed by atoms with van der Waals surface area (Å²) in [6, 6.07) is -0.631. The fraction of sp³-hybridized carbons (Fsp3) is 0.901. The first-order valence-corrected chi connectivity index (χ1v) is 39.8. The lowest BCUT2D eigenvalue weighted by Crippen LogP contribution is -2.45. The zero-order valence-electron chi connectivity index (χ0n) is 59.0. The van der Waals surface area contributed by atoms with Crippen LogP contribution in [0.1, 0.15) is 444 Å². The molecule has 0 bridgehead atoms. The Bertz CT molecular complexity index is 1410. The quantitative estimate of drug-likeness (QED) is 0.0320. The molecule has 0 heterocycles. The third kappa shape index (κ3) is 73.0. The van der Waals surface area contributed by atoms with Crippen LogP contribution in [0, 0.1) is 0 Å². The van der Waals surface area contributed by atoms with Crippen LogP contribution in [-0.2, 0) is 14.3 Å². The number of allylic oxidation sites excluding steroid dienone is 5. The van der Waals surface area contributed by atoms with Crippen LogP contribution in [0.2, 0.25) is 0 Å². The van der Waals surface area contributed by atoms with Crippen LogP contribution in [0.15, 0.2) is 36.5 Å². The first kappa shape index (κ1) is 85.1. The number of rotatable bonds is 75. The molecule has 0 rings (SSSR count). The van der Waals surface area contributed by atoms with Crippen LogP contribution in [0.4, 0.5) is 0 Å². The topological polar surface area (TPSA) is 95.9 Å². The maximum absolute atomic E-state index is 12.6. The van der Waals surface area contributed by atoms with Crippen LogP contribution in [0.5, 0.6) is 0 Å². The van der Waals surface area contributed by atoms with Gasteiger partial charge in [-0.25, -0.2) is 0 Å². The summed E-state index contributed by atoms with van der Waals surface area (Å²) in [4.78, 5) is 24.7. The van der Waals surface area contributed by atoms with Crippen molar-refractivity contribution >= 4 is 11.9 Å². The summed E-state index contributed by atoms with van der Waals surface area (Å²) in [5.41, 5.74) is 0. The van der Waals surface area contributed by atoms with E-state index in [1.165, 1.54) is 372 Å². The molecule has 0 aliphatic rings. The number of hydrogen-bond acceptors (Lipinski definition) is 5. The highest BCUT2D eigenvalue weighted by atomic mass is 16.5. The summed E-state index contributed by atoms with van der Waals surface area (Å²) in [6.07, 6.45) is 99.7. The van der Waals surface area contributed by atoms with E-state index in [1.54, 1.807) is 6.08 Å². The number of carbonyl (C=O) groups excluding carboxylic acids is 2. The summed E-state index contributed by atoms with van der Waals surface area (Å²) in [6.45, 7) is 4.95. The number of ether oxygens (including phenoxy) is 1. The number of aliphatic hydroxyl groups is 2. The summed E-state index contributed by atoms with van der Waals surface area (Å²) >= 11 is 0. The molecule has 6 heteroatoms. The zero-order valence-corrected chi connectivity index (χ0v) is 59.0. The van der Waals surface area contributed by atoms with E-state index in [1.807, 2.05) is 6.08 Å². The molecular weight excluding hydrogens is 1070 g/mol. The molecule has 0 radical (unpaired) electrons. The average Bonchev–Trinajstić information content (AvgIpc) is 3.52. The molecule has 2 unspecified atom stereocenters. The van der Waals surface area contributed by atoms with Crippen LogP contribution in [0.3, 0.4) is 0 Å². The van der Waals surface area contributed by atoms with Crippen molar-refractivity contribution in [3.05, 3.63) is 36.5 Å². The normalized spacial score (nSPS) is 12.6. The molecule has 0 aromatic carbocycles. The van der Waals surface area contributed by atoms with Crippen molar-refractivity contribution < 1.29 is 24.5 Å². The molecule has 0 aromatic rings. The van der Waals surface area contributed by atoms with Gasteiger partial charge in [0.2, 0.25) is 5.91 Å². The lowest BCUT2D eigenvalue weighted by molar-refractivity contribution is -0.143. The Balaban J connectivity index is 3.40. The predicted octanol–water partition coefficient (Wildman–Crippen LogP) is 26.2. The van der Waals surface area contributed by atoms with Gasteiger partial charge in [-0.15, -0.1) is 0 Å². The fourth-order valence-corrected chi connectivity index (χ4v) is 12.6. The molecule has 0 fully saturated rings. The number of nitrogens with one attached hydrogen (secondary N) is 1. The molecule has 0 saturated heterocycles. The van der Waals surface area contributed by atoms with Gasteiger partial charge in [0.1, 0.15) is 0 Å². The van der Waals surface area contributed by atoms with Gasteiger partial charge in [-0.05, 0) is 83.5 Å². The smallest absolute Gasteiger partial charge is 0.305 e. The molecule has 87 heavy (non-hydrogen) atoms. The van der Waals surface area contributed by atoms with Crippen molar-refractivity contribution in [1.29, 1.82) is 0 Å². The molecular formula is C81H155NO5. The Morgan fingerprint density at radius 3 is 0.816 bits per heavy atom. The van der Waals surface area contributed by atoms with E-state index in [0.717, 1.165) is 44.9 Å². The highest BCUT2D eigenvalue weighted by molar-refractivity contribution is 5.76. The number of carbonyl (C=O) groups is 2. The first-order valence-electron chi connectivity index (χ1n) is 39.8. The minimum atomic E-state index is -0.847. The van der Waals surface area contributed by atoms with Gasteiger partial charge in [0.05, 0.1) is 25.4 Å². The standard InChI is InChI=1S/C81H155NO5/c1-3-5-7-9-11-13-15-17-19-21-23-24-25-29-32-35-38-41-45-49-53-57-61-65-69-73-79(84)78(77-83)82-80(85)74-70-66-62-58-54-50-46-42-39-36-33-30-27-26-28-31-34-37-40-44-48-52-56-60-64-68-72-76-87-81(86)75-71-67-63-59-55-51-47-43-22-20-18-16-14-12-10-8-6-4-2/h20,22,26-27,69,73,78-79,83-84H,3-19,21,23-25,28-68,70-72,74-77H2,1-2H3,(H,82,85)/b22-20-,27-26-,73-69+. The fourth-order valence-electron chi connectivity index (χ4n) is 12.6. The molecule has 0 aliphatic heterocycles. The Labute approximate surface area is 544 Å². The SMILES string of the molecule is CCCCCCCCC/C=C\CCCCCCCCCC(=O)OCCCCCCCCCCCCCC/C=C\CCCCCCCCCCCCCC(=O)NC(CO)C(O)/C=C/CCCCCCCCCCCCCCCCCCCCCCCCC. The van der Waals surface area contributed by atoms with Crippen molar-refractivity contribution in [2.45, 2.75) is 456 Å². The lowest BCUT2D eigenvalue weighted by atomic mass is 10.0. The molecule has 0 aromatic heterocycles.